The summed E-state index contributed by atoms with van der Waals surface area (Å²) in [6.45, 7) is 7.99. The van der Waals surface area contributed by atoms with Crippen LogP contribution in [0.15, 0.2) is 48.5 Å². The molecule has 2 aromatic carbocycles. The second kappa shape index (κ2) is 10.8. The molecular weight excluding hydrogens is 464 g/mol. The molecule has 0 bridgehead atoms. The Labute approximate surface area is 211 Å². The second-order valence-corrected chi connectivity index (χ2v) is 9.39. The second-order valence-electron chi connectivity index (χ2n) is 8.95. The van der Waals surface area contributed by atoms with Crippen molar-refractivity contribution in [1.82, 2.24) is 14.9 Å². The molecule has 0 radical (unpaired) electrons. The highest BCUT2D eigenvalue weighted by molar-refractivity contribution is 6.30. The molecule has 7 nitrogen and oxygen atoms in total. The lowest BCUT2D eigenvalue weighted by Gasteiger charge is -2.40. The maximum Gasteiger partial charge on any atom is 0.359 e. The quantitative estimate of drug-likeness (QED) is 0.493. The van der Waals surface area contributed by atoms with E-state index in [0.717, 1.165) is 50.5 Å². The van der Waals surface area contributed by atoms with Crippen LogP contribution in [-0.4, -0.2) is 72.9 Å². The van der Waals surface area contributed by atoms with Gasteiger partial charge in [-0.3, -0.25) is 4.90 Å². The SMILES string of the molecule is CCOC(=O)c1nc(-c2ccc(N3CCC(N4CCOCC4)CC3)cc2)[nH]c1-c1ccc(Cl)cc1. The van der Waals surface area contributed by atoms with Crippen LogP contribution in [0.2, 0.25) is 5.02 Å². The number of morpholine rings is 1. The third kappa shape index (κ3) is 5.37. The Bertz CT molecular complexity index is 1130. The number of halogens is 1. The molecule has 0 amide bonds. The summed E-state index contributed by atoms with van der Waals surface area (Å²) in [6.07, 6.45) is 2.35. The number of aromatic nitrogens is 2. The summed E-state index contributed by atoms with van der Waals surface area (Å²) >= 11 is 6.05. The van der Waals surface area contributed by atoms with E-state index < -0.39 is 5.97 Å². The van der Waals surface area contributed by atoms with Gasteiger partial charge in [0.25, 0.3) is 0 Å². The molecule has 0 spiro atoms. The highest BCUT2D eigenvalue weighted by Gasteiger charge is 2.26. The van der Waals surface area contributed by atoms with Crippen LogP contribution in [0.1, 0.15) is 30.3 Å². The molecule has 0 aliphatic carbocycles. The van der Waals surface area contributed by atoms with Crippen LogP contribution in [0.4, 0.5) is 5.69 Å². The fourth-order valence-corrected chi connectivity index (χ4v) is 5.07. The number of nitrogens with one attached hydrogen (secondary N) is 1. The molecule has 1 aromatic heterocycles. The Kier molecular flexibility index (Phi) is 7.37. The van der Waals surface area contributed by atoms with E-state index in [1.165, 1.54) is 18.5 Å². The van der Waals surface area contributed by atoms with E-state index in [-0.39, 0.29) is 12.3 Å². The predicted molar refractivity (Wildman–Crippen MR) is 138 cm³/mol. The van der Waals surface area contributed by atoms with Gasteiger partial charge in [0.1, 0.15) is 5.82 Å². The summed E-state index contributed by atoms with van der Waals surface area (Å²) in [5.41, 5.74) is 3.87. The van der Waals surface area contributed by atoms with Gasteiger partial charge in [-0.05, 0) is 56.2 Å². The van der Waals surface area contributed by atoms with Gasteiger partial charge in [0, 0.05) is 54.1 Å². The van der Waals surface area contributed by atoms with E-state index in [1.807, 2.05) is 12.1 Å². The Morgan fingerprint density at radius 1 is 1.03 bits per heavy atom. The van der Waals surface area contributed by atoms with Gasteiger partial charge in [-0.25, -0.2) is 9.78 Å². The number of hydrogen-bond acceptors (Lipinski definition) is 6. The van der Waals surface area contributed by atoms with Gasteiger partial charge >= 0.3 is 5.97 Å². The summed E-state index contributed by atoms with van der Waals surface area (Å²) in [7, 11) is 0. The number of nitrogens with zero attached hydrogens (tertiary/aromatic N) is 3. The van der Waals surface area contributed by atoms with Crippen LogP contribution < -0.4 is 4.90 Å². The summed E-state index contributed by atoms with van der Waals surface area (Å²) in [5, 5.41) is 0.635. The van der Waals surface area contributed by atoms with Crippen LogP contribution in [0.5, 0.6) is 0 Å². The molecule has 184 valence electrons. The van der Waals surface area contributed by atoms with Crippen molar-refractivity contribution in [3.05, 3.63) is 59.2 Å². The number of piperidine rings is 1. The zero-order valence-corrected chi connectivity index (χ0v) is 20.8. The lowest BCUT2D eigenvalue weighted by atomic mass is 10.0. The zero-order valence-electron chi connectivity index (χ0n) is 20.0. The minimum atomic E-state index is -0.445. The maximum absolute atomic E-state index is 12.6. The van der Waals surface area contributed by atoms with Gasteiger partial charge in [-0.1, -0.05) is 23.7 Å². The first kappa shape index (κ1) is 23.9. The van der Waals surface area contributed by atoms with Crippen molar-refractivity contribution >= 4 is 23.3 Å². The Morgan fingerprint density at radius 3 is 2.34 bits per heavy atom. The van der Waals surface area contributed by atoms with Crippen molar-refractivity contribution in [2.75, 3.05) is 50.9 Å². The summed E-state index contributed by atoms with van der Waals surface area (Å²) in [4.78, 5) is 25.6. The van der Waals surface area contributed by atoms with E-state index in [1.54, 1.807) is 19.1 Å². The Hall–Kier alpha value is -2.87. The van der Waals surface area contributed by atoms with E-state index >= 15 is 0 Å². The number of benzene rings is 2. The van der Waals surface area contributed by atoms with Crippen LogP contribution >= 0.6 is 11.6 Å². The van der Waals surface area contributed by atoms with Crippen molar-refractivity contribution in [2.24, 2.45) is 0 Å². The summed E-state index contributed by atoms with van der Waals surface area (Å²) < 4.78 is 10.8. The van der Waals surface area contributed by atoms with E-state index in [9.17, 15) is 4.79 Å². The fraction of sp³-hybridized carbons (Fsp3) is 0.407. The number of esters is 1. The molecule has 3 heterocycles. The number of imidazole rings is 1. The fourth-order valence-electron chi connectivity index (χ4n) is 4.94. The van der Waals surface area contributed by atoms with Gasteiger partial charge in [0.2, 0.25) is 0 Å². The Balaban J connectivity index is 1.32. The predicted octanol–water partition coefficient (Wildman–Crippen LogP) is 4.87. The number of rotatable bonds is 6. The van der Waals surface area contributed by atoms with Crippen molar-refractivity contribution in [3.63, 3.8) is 0 Å². The lowest BCUT2D eigenvalue weighted by Crippen LogP contribution is -2.49. The average Bonchev–Trinajstić information content (AvgIpc) is 3.36. The molecule has 0 atom stereocenters. The first-order valence-electron chi connectivity index (χ1n) is 12.3. The number of hydrogen-bond donors (Lipinski definition) is 1. The number of ether oxygens (including phenoxy) is 2. The molecule has 8 heteroatoms. The van der Waals surface area contributed by atoms with Crippen molar-refractivity contribution in [3.8, 4) is 22.6 Å². The Morgan fingerprint density at radius 2 is 1.69 bits per heavy atom. The minimum Gasteiger partial charge on any atom is -0.461 e. The smallest absolute Gasteiger partial charge is 0.359 e. The average molecular weight is 495 g/mol. The van der Waals surface area contributed by atoms with Crippen LogP contribution in [-0.2, 0) is 9.47 Å². The van der Waals surface area contributed by atoms with Gasteiger partial charge < -0.3 is 19.4 Å². The highest BCUT2D eigenvalue weighted by Crippen LogP contribution is 2.30. The third-order valence-electron chi connectivity index (χ3n) is 6.84. The van der Waals surface area contributed by atoms with Gasteiger partial charge in [0.15, 0.2) is 5.69 Å². The molecule has 2 saturated heterocycles. The van der Waals surface area contributed by atoms with Gasteiger partial charge in [-0.2, -0.15) is 0 Å². The number of carbonyl (C=O) groups excluding carboxylic acids is 1. The van der Waals surface area contributed by atoms with Crippen molar-refractivity contribution < 1.29 is 14.3 Å². The van der Waals surface area contributed by atoms with Crippen LogP contribution in [0.25, 0.3) is 22.6 Å². The molecule has 35 heavy (non-hydrogen) atoms. The summed E-state index contributed by atoms with van der Waals surface area (Å²) in [6, 6.07) is 16.4. The number of anilines is 1. The molecule has 1 N–H and O–H groups in total. The molecule has 2 fully saturated rings. The van der Waals surface area contributed by atoms with Crippen molar-refractivity contribution in [1.29, 1.82) is 0 Å². The van der Waals surface area contributed by atoms with Gasteiger partial charge in [-0.15, -0.1) is 0 Å². The first-order valence-corrected chi connectivity index (χ1v) is 12.7. The van der Waals surface area contributed by atoms with Crippen LogP contribution in [0, 0.1) is 0 Å². The lowest BCUT2D eigenvalue weighted by molar-refractivity contribution is 0.0115. The molecule has 0 unspecified atom stereocenters. The zero-order chi connectivity index (χ0) is 24.2. The maximum atomic E-state index is 12.6. The molecule has 2 aliphatic heterocycles. The molecule has 0 saturated carbocycles. The standard InChI is InChI=1S/C27H31ClN4O3/c1-2-35-27(33)25-24(19-3-7-21(28)8-4-19)29-26(30-25)20-5-9-22(10-6-20)31-13-11-23(12-14-31)32-15-17-34-18-16-32/h3-10,23H,2,11-18H2,1H3,(H,29,30). The topological polar surface area (TPSA) is 70.7 Å². The molecular formula is C27H31ClN4O3. The highest BCUT2D eigenvalue weighted by atomic mass is 35.5. The number of aromatic amines is 1. The number of H-pyrrole nitrogens is 1. The van der Waals surface area contributed by atoms with Crippen LogP contribution in [0.3, 0.4) is 0 Å². The van der Waals surface area contributed by atoms with E-state index in [2.05, 4.69) is 44.0 Å². The van der Waals surface area contributed by atoms with E-state index in [4.69, 9.17) is 21.1 Å². The normalized spacial score (nSPS) is 17.5. The largest absolute Gasteiger partial charge is 0.461 e. The number of carbonyl (C=O) groups is 1. The monoisotopic (exact) mass is 494 g/mol. The minimum absolute atomic E-state index is 0.276. The first-order chi connectivity index (χ1) is 17.1. The summed E-state index contributed by atoms with van der Waals surface area (Å²) in [5.74, 6) is 0.190. The van der Waals surface area contributed by atoms with Gasteiger partial charge in [0.05, 0.1) is 25.5 Å². The third-order valence-corrected chi connectivity index (χ3v) is 7.09. The van der Waals surface area contributed by atoms with E-state index in [0.29, 0.717) is 22.6 Å². The van der Waals surface area contributed by atoms with Crippen molar-refractivity contribution in [2.45, 2.75) is 25.8 Å². The molecule has 2 aliphatic rings. The molecule has 5 rings (SSSR count). The molecule has 3 aromatic rings.